The Labute approximate surface area is 58.2 Å². The van der Waals surface area contributed by atoms with Gasteiger partial charge in [0, 0.05) is 6.07 Å². The first kappa shape index (κ1) is 6.67. The summed E-state index contributed by atoms with van der Waals surface area (Å²) in [5, 5.41) is 13.9. The fourth-order valence-electron chi connectivity index (χ4n) is 0.672. The van der Waals surface area contributed by atoms with Crippen LogP contribution in [0, 0.1) is 17.7 Å². The van der Waals surface area contributed by atoms with Crippen LogP contribution in [-0.2, 0) is 0 Å². The first-order valence-corrected chi connectivity index (χ1v) is 2.82. The Morgan fingerprint density at radius 2 is 2.30 bits per heavy atom. The van der Waals surface area contributed by atoms with Crippen molar-refractivity contribution in [1.29, 1.82) is 5.53 Å². The Bertz CT molecular complexity index is 259. The predicted octanol–water partition coefficient (Wildman–Crippen LogP) is 1.29. The molecular weight excluding hydrogens is 130 g/mol. The first-order valence-electron chi connectivity index (χ1n) is 2.82. The van der Waals surface area contributed by atoms with Crippen molar-refractivity contribution in [3.05, 3.63) is 29.1 Å². The Morgan fingerprint density at radius 1 is 1.60 bits per heavy atom. The van der Waals surface area contributed by atoms with E-state index in [1.807, 2.05) is 0 Å². The van der Waals surface area contributed by atoms with Crippen LogP contribution in [0.5, 0.6) is 0 Å². The molecule has 0 spiro atoms. The molecule has 52 valence electrons. The molecule has 1 N–H and O–H groups in total. The van der Waals surface area contributed by atoms with Crippen LogP contribution in [0.25, 0.3) is 0 Å². The molecule has 0 saturated carbocycles. The highest BCUT2D eigenvalue weighted by molar-refractivity contribution is 5.19. The summed E-state index contributed by atoms with van der Waals surface area (Å²) in [7, 11) is 0. The second-order valence-electron chi connectivity index (χ2n) is 1.93. The van der Waals surface area contributed by atoms with Crippen molar-refractivity contribution in [2.45, 2.75) is 6.92 Å². The van der Waals surface area contributed by atoms with Crippen molar-refractivity contribution in [1.82, 2.24) is 0 Å². The Kier molecular flexibility index (Phi) is 1.62. The summed E-state index contributed by atoms with van der Waals surface area (Å²) in [5.41, 5.74) is 7.13. The van der Waals surface area contributed by atoms with E-state index in [1.165, 1.54) is 6.07 Å². The fourth-order valence-corrected chi connectivity index (χ4v) is 0.672. The van der Waals surface area contributed by atoms with Crippen LogP contribution in [0.1, 0.15) is 5.69 Å². The SMILES string of the molecule is Cc1cccc(N=N)[n+]1[O-]. The fraction of sp³-hybridized carbons (Fsp3) is 0.167. The van der Waals surface area contributed by atoms with Gasteiger partial charge in [-0.05, 0) is 19.1 Å². The minimum Gasteiger partial charge on any atom is -0.710 e. The summed E-state index contributed by atoms with van der Waals surface area (Å²) in [6.45, 7) is 1.67. The standard InChI is InChI=1S/C6H7N3O/c1-5-3-2-4-6(8-7)9(5)10/h2-4,7H,1H3. The summed E-state index contributed by atoms with van der Waals surface area (Å²) in [6, 6.07) is 4.85. The lowest BCUT2D eigenvalue weighted by atomic mass is 10.4. The molecule has 0 radical (unpaired) electrons. The number of hydrogen-bond donors (Lipinski definition) is 1. The Hall–Kier alpha value is -1.45. The molecule has 0 aliphatic rings. The summed E-state index contributed by atoms with van der Waals surface area (Å²) in [6.07, 6.45) is 0. The van der Waals surface area contributed by atoms with Gasteiger partial charge in [0.2, 0.25) is 0 Å². The molecule has 0 aliphatic heterocycles. The lowest BCUT2D eigenvalue weighted by molar-refractivity contribution is -0.599. The van der Waals surface area contributed by atoms with Crippen LogP contribution in [0.15, 0.2) is 23.3 Å². The number of aromatic nitrogens is 1. The summed E-state index contributed by atoms with van der Waals surface area (Å²) in [5.74, 6) is 0.125. The maximum absolute atomic E-state index is 10.9. The van der Waals surface area contributed by atoms with E-state index in [-0.39, 0.29) is 5.82 Å². The third-order valence-electron chi connectivity index (χ3n) is 1.23. The second kappa shape index (κ2) is 2.43. The van der Waals surface area contributed by atoms with Gasteiger partial charge in [-0.1, -0.05) is 5.53 Å². The van der Waals surface area contributed by atoms with Crippen LogP contribution >= 0.6 is 0 Å². The van der Waals surface area contributed by atoms with Crippen LogP contribution in [0.3, 0.4) is 0 Å². The second-order valence-corrected chi connectivity index (χ2v) is 1.93. The highest BCUT2D eigenvalue weighted by Gasteiger charge is 2.01. The third kappa shape index (κ3) is 0.953. The molecule has 0 bridgehead atoms. The first-order chi connectivity index (χ1) is 4.75. The summed E-state index contributed by atoms with van der Waals surface area (Å²) >= 11 is 0. The van der Waals surface area contributed by atoms with Gasteiger partial charge in [0.1, 0.15) is 5.69 Å². The van der Waals surface area contributed by atoms with Crippen molar-refractivity contribution in [2.24, 2.45) is 5.11 Å². The van der Waals surface area contributed by atoms with E-state index in [0.29, 0.717) is 10.4 Å². The summed E-state index contributed by atoms with van der Waals surface area (Å²) in [4.78, 5) is 0. The van der Waals surface area contributed by atoms with E-state index in [4.69, 9.17) is 5.53 Å². The van der Waals surface area contributed by atoms with E-state index in [1.54, 1.807) is 19.1 Å². The molecule has 0 unspecified atom stereocenters. The number of pyridine rings is 1. The molecule has 4 nitrogen and oxygen atoms in total. The number of aryl methyl sites for hydroxylation is 1. The smallest absolute Gasteiger partial charge is 0.353 e. The Balaban J connectivity index is 3.27. The van der Waals surface area contributed by atoms with E-state index >= 15 is 0 Å². The number of hydrogen-bond acceptors (Lipinski definition) is 3. The molecule has 0 saturated heterocycles. The molecule has 1 aromatic heterocycles. The largest absolute Gasteiger partial charge is 0.710 e. The molecule has 1 rings (SSSR count). The van der Waals surface area contributed by atoms with Gasteiger partial charge >= 0.3 is 5.82 Å². The van der Waals surface area contributed by atoms with Crippen LogP contribution in [-0.4, -0.2) is 0 Å². The van der Waals surface area contributed by atoms with Gasteiger partial charge in [-0.15, -0.1) is 0 Å². The van der Waals surface area contributed by atoms with Gasteiger partial charge in [0.25, 0.3) is 0 Å². The van der Waals surface area contributed by atoms with Gasteiger partial charge in [0.15, 0.2) is 0 Å². The lowest BCUT2D eigenvalue weighted by Gasteiger charge is -2.04. The number of nitrogens with one attached hydrogen (secondary N) is 1. The van der Waals surface area contributed by atoms with Gasteiger partial charge in [-0.3, -0.25) is 0 Å². The molecule has 1 heterocycles. The quantitative estimate of drug-likeness (QED) is 0.354. The average molecular weight is 137 g/mol. The van der Waals surface area contributed by atoms with Crippen molar-refractivity contribution in [3.8, 4) is 0 Å². The highest BCUT2D eigenvalue weighted by atomic mass is 16.5. The predicted molar refractivity (Wildman–Crippen MR) is 34.9 cm³/mol. The van der Waals surface area contributed by atoms with Crippen LogP contribution in [0.4, 0.5) is 5.82 Å². The molecule has 1 aromatic rings. The number of rotatable bonds is 1. The van der Waals surface area contributed by atoms with Crippen molar-refractivity contribution in [3.63, 3.8) is 0 Å². The lowest BCUT2D eigenvalue weighted by Crippen LogP contribution is -2.29. The highest BCUT2D eigenvalue weighted by Crippen LogP contribution is 2.03. The molecule has 0 aromatic carbocycles. The van der Waals surface area contributed by atoms with E-state index in [0.717, 1.165) is 0 Å². The zero-order valence-electron chi connectivity index (χ0n) is 5.53. The zero-order valence-corrected chi connectivity index (χ0v) is 5.53. The van der Waals surface area contributed by atoms with Crippen molar-refractivity contribution >= 4 is 5.82 Å². The van der Waals surface area contributed by atoms with E-state index < -0.39 is 0 Å². The molecule has 0 amide bonds. The monoisotopic (exact) mass is 137 g/mol. The third-order valence-corrected chi connectivity index (χ3v) is 1.23. The van der Waals surface area contributed by atoms with Crippen LogP contribution < -0.4 is 4.73 Å². The molecule has 4 heteroatoms. The van der Waals surface area contributed by atoms with Gasteiger partial charge < -0.3 is 5.21 Å². The maximum Gasteiger partial charge on any atom is 0.353 e. The van der Waals surface area contributed by atoms with Crippen molar-refractivity contribution < 1.29 is 4.73 Å². The average Bonchev–Trinajstić information content (AvgIpc) is 1.95. The molecule has 0 fully saturated rings. The minimum atomic E-state index is 0.125. The summed E-state index contributed by atoms with van der Waals surface area (Å²) < 4.78 is 0.618. The molecule has 10 heavy (non-hydrogen) atoms. The molecule has 0 atom stereocenters. The normalized spacial score (nSPS) is 9.30. The maximum atomic E-state index is 10.9. The van der Waals surface area contributed by atoms with Crippen LogP contribution in [0.2, 0.25) is 0 Å². The van der Waals surface area contributed by atoms with Gasteiger partial charge in [-0.2, -0.15) is 0 Å². The Morgan fingerprint density at radius 3 is 2.80 bits per heavy atom. The van der Waals surface area contributed by atoms with E-state index in [2.05, 4.69) is 5.11 Å². The van der Waals surface area contributed by atoms with E-state index in [9.17, 15) is 5.21 Å². The van der Waals surface area contributed by atoms with Gasteiger partial charge in [0.05, 0.1) is 5.11 Å². The van der Waals surface area contributed by atoms with Gasteiger partial charge in [-0.25, -0.2) is 4.73 Å². The zero-order chi connectivity index (χ0) is 7.56. The van der Waals surface area contributed by atoms with Crippen molar-refractivity contribution in [2.75, 3.05) is 0 Å². The number of nitrogens with zero attached hydrogens (tertiary/aromatic N) is 2. The minimum absolute atomic E-state index is 0.125. The molecule has 0 aliphatic carbocycles. The molecular formula is C6H7N3O. The topological polar surface area (TPSA) is 63.2 Å².